The van der Waals surface area contributed by atoms with Crippen molar-refractivity contribution in [1.29, 1.82) is 0 Å². The molecule has 0 bridgehead atoms. The lowest BCUT2D eigenvalue weighted by Crippen LogP contribution is -2.49. The number of hydrogen-bond donors (Lipinski definition) is 0. The largest absolute Gasteiger partial charge is 0.369 e. The van der Waals surface area contributed by atoms with Crippen LogP contribution in [0.1, 0.15) is 23.7 Å². The number of carbonyl (C=O) groups is 1. The number of piperazine rings is 2. The maximum absolute atomic E-state index is 13.6. The molecule has 0 radical (unpaired) electrons. The van der Waals surface area contributed by atoms with Crippen molar-refractivity contribution in [2.24, 2.45) is 0 Å². The number of anilines is 1. The summed E-state index contributed by atoms with van der Waals surface area (Å²) in [6, 6.07) is 7.53. The van der Waals surface area contributed by atoms with Crippen LogP contribution < -0.4 is 4.90 Å². The van der Waals surface area contributed by atoms with Gasteiger partial charge in [-0.25, -0.2) is 8.42 Å². The second-order valence-corrected chi connectivity index (χ2v) is 10.9. The van der Waals surface area contributed by atoms with Crippen LogP contribution in [0.3, 0.4) is 0 Å². The minimum atomic E-state index is -3.90. The van der Waals surface area contributed by atoms with Crippen LogP contribution >= 0.6 is 11.6 Å². The maximum Gasteiger partial charge on any atom is 0.263 e. The van der Waals surface area contributed by atoms with E-state index in [1.54, 1.807) is 15.8 Å². The topological polar surface area (TPSA) is 82.0 Å². The molecule has 2 aliphatic heterocycles. The highest BCUT2D eigenvalue weighted by molar-refractivity contribution is 7.89. The molecule has 2 saturated heterocycles. The van der Waals surface area contributed by atoms with Crippen molar-refractivity contribution in [3.63, 3.8) is 0 Å². The minimum absolute atomic E-state index is 0.125. The zero-order valence-electron chi connectivity index (χ0n) is 19.2. The lowest BCUT2D eigenvalue weighted by molar-refractivity contribution is 0.0660. The molecule has 2 aliphatic rings. The lowest BCUT2D eigenvalue weighted by atomic mass is 10.2. The van der Waals surface area contributed by atoms with Crippen LogP contribution in [0.25, 0.3) is 0 Å². The molecular formula is C22H31ClN6O3S. The molecule has 1 aromatic carbocycles. The van der Waals surface area contributed by atoms with Crippen molar-refractivity contribution < 1.29 is 13.2 Å². The van der Waals surface area contributed by atoms with E-state index in [4.69, 9.17) is 11.6 Å². The molecule has 2 aromatic rings. The first kappa shape index (κ1) is 24.0. The number of halogens is 1. The van der Waals surface area contributed by atoms with E-state index in [1.807, 2.05) is 38.2 Å². The van der Waals surface area contributed by atoms with Crippen molar-refractivity contribution in [2.45, 2.75) is 24.9 Å². The average Bonchev–Trinajstić information content (AvgIpc) is 3.25. The predicted molar refractivity (Wildman–Crippen MR) is 128 cm³/mol. The van der Waals surface area contributed by atoms with E-state index in [0.29, 0.717) is 50.8 Å². The first-order chi connectivity index (χ1) is 15.8. The highest BCUT2D eigenvalue weighted by Gasteiger charge is 2.36. The van der Waals surface area contributed by atoms with Gasteiger partial charge >= 0.3 is 0 Å². The van der Waals surface area contributed by atoms with Gasteiger partial charge in [0.15, 0.2) is 0 Å². The lowest BCUT2D eigenvalue weighted by Gasteiger charge is -2.35. The predicted octanol–water partition coefficient (Wildman–Crippen LogP) is 1.84. The van der Waals surface area contributed by atoms with Crippen molar-refractivity contribution in [3.8, 4) is 0 Å². The Hall–Kier alpha value is -2.14. The fourth-order valence-electron chi connectivity index (χ4n) is 4.23. The van der Waals surface area contributed by atoms with Gasteiger partial charge in [0.1, 0.15) is 0 Å². The molecule has 11 heteroatoms. The Morgan fingerprint density at radius 3 is 2.24 bits per heavy atom. The summed E-state index contributed by atoms with van der Waals surface area (Å²) in [7, 11) is -1.89. The van der Waals surface area contributed by atoms with Gasteiger partial charge in [0.05, 0.1) is 5.56 Å². The number of hydrogen-bond acceptors (Lipinski definition) is 6. The van der Waals surface area contributed by atoms with E-state index < -0.39 is 10.0 Å². The van der Waals surface area contributed by atoms with Gasteiger partial charge in [0.25, 0.3) is 15.9 Å². The first-order valence-corrected chi connectivity index (χ1v) is 13.2. The zero-order chi connectivity index (χ0) is 23.6. The summed E-state index contributed by atoms with van der Waals surface area (Å²) in [6.07, 6.45) is 2.39. The molecule has 33 heavy (non-hydrogen) atoms. The standard InChI is InChI=1S/C22H31ClN6O3S/c1-3-8-28-17-20(22(30)27-11-9-25(2)10-12-27)21(24-28)33(31,32)29-15-13-26(14-16-29)19-6-4-18(23)5-7-19/h4-7,17H,3,8-16H2,1-2H3. The van der Waals surface area contributed by atoms with Crippen LogP contribution in [0.15, 0.2) is 35.5 Å². The maximum atomic E-state index is 13.6. The van der Waals surface area contributed by atoms with Crippen molar-refractivity contribution in [1.82, 2.24) is 23.9 Å². The second-order valence-electron chi connectivity index (χ2n) is 8.57. The van der Waals surface area contributed by atoms with Gasteiger partial charge in [-0.15, -0.1) is 0 Å². The van der Waals surface area contributed by atoms with Gasteiger partial charge in [-0.3, -0.25) is 9.48 Å². The summed E-state index contributed by atoms with van der Waals surface area (Å²) < 4.78 is 30.2. The fourth-order valence-corrected chi connectivity index (χ4v) is 5.87. The molecule has 2 fully saturated rings. The number of aryl methyl sites for hydroxylation is 1. The third kappa shape index (κ3) is 5.18. The Kier molecular flexibility index (Phi) is 7.28. The quantitative estimate of drug-likeness (QED) is 0.609. The molecule has 3 heterocycles. The monoisotopic (exact) mass is 494 g/mol. The van der Waals surface area contributed by atoms with Crippen LogP contribution in [-0.4, -0.2) is 97.6 Å². The van der Waals surface area contributed by atoms with Crippen LogP contribution in [0.2, 0.25) is 5.02 Å². The van der Waals surface area contributed by atoms with Crippen LogP contribution in [0, 0.1) is 0 Å². The van der Waals surface area contributed by atoms with Crippen LogP contribution in [-0.2, 0) is 16.6 Å². The van der Waals surface area contributed by atoms with Crippen molar-refractivity contribution in [3.05, 3.63) is 41.0 Å². The third-order valence-electron chi connectivity index (χ3n) is 6.22. The van der Waals surface area contributed by atoms with Gasteiger partial charge in [-0.2, -0.15) is 9.40 Å². The number of carbonyl (C=O) groups excluding carboxylic acids is 1. The van der Waals surface area contributed by atoms with Crippen molar-refractivity contribution in [2.75, 3.05) is 64.3 Å². The Labute approximate surface area is 200 Å². The Morgan fingerprint density at radius 1 is 1.00 bits per heavy atom. The molecular weight excluding hydrogens is 464 g/mol. The summed E-state index contributed by atoms with van der Waals surface area (Å²) in [5.41, 5.74) is 1.18. The summed E-state index contributed by atoms with van der Waals surface area (Å²) in [4.78, 5) is 19.3. The van der Waals surface area contributed by atoms with Crippen LogP contribution in [0.4, 0.5) is 5.69 Å². The molecule has 0 unspecified atom stereocenters. The average molecular weight is 495 g/mol. The number of rotatable bonds is 6. The van der Waals surface area contributed by atoms with E-state index in [9.17, 15) is 13.2 Å². The number of nitrogens with zero attached hydrogens (tertiary/aromatic N) is 6. The Bertz CT molecular complexity index is 1070. The van der Waals surface area contributed by atoms with E-state index in [2.05, 4.69) is 14.9 Å². The molecule has 0 saturated carbocycles. The number of aromatic nitrogens is 2. The number of sulfonamides is 1. The van der Waals surface area contributed by atoms with E-state index in [1.165, 1.54) is 4.31 Å². The van der Waals surface area contributed by atoms with Gasteiger partial charge in [0.2, 0.25) is 5.03 Å². The highest BCUT2D eigenvalue weighted by atomic mass is 35.5. The number of benzene rings is 1. The molecule has 9 nitrogen and oxygen atoms in total. The van der Waals surface area contributed by atoms with E-state index in [-0.39, 0.29) is 16.5 Å². The Balaban J connectivity index is 1.54. The smallest absolute Gasteiger partial charge is 0.263 e. The Morgan fingerprint density at radius 2 is 1.64 bits per heavy atom. The number of amides is 1. The fraction of sp³-hybridized carbons (Fsp3) is 0.545. The molecule has 0 atom stereocenters. The molecule has 180 valence electrons. The first-order valence-electron chi connectivity index (χ1n) is 11.4. The number of likely N-dealkylation sites (N-methyl/N-ethyl adjacent to an activating group) is 1. The summed E-state index contributed by atoms with van der Waals surface area (Å²) in [5.74, 6) is -0.260. The minimum Gasteiger partial charge on any atom is -0.369 e. The summed E-state index contributed by atoms with van der Waals surface area (Å²) in [5, 5.41) is 4.91. The molecule has 1 amide bonds. The molecule has 0 aliphatic carbocycles. The molecule has 0 spiro atoms. The normalized spacial score (nSPS) is 18.6. The molecule has 1 aromatic heterocycles. The summed E-state index contributed by atoms with van der Waals surface area (Å²) in [6.45, 7) is 7.00. The SMILES string of the molecule is CCCn1cc(C(=O)N2CCN(C)CC2)c(S(=O)(=O)N2CCN(c3ccc(Cl)cc3)CC2)n1. The van der Waals surface area contributed by atoms with Crippen molar-refractivity contribution >= 4 is 33.2 Å². The highest BCUT2D eigenvalue weighted by Crippen LogP contribution is 2.25. The van der Waals surface area contributed by atoms with E-state index in [0.717, 1.165) is 25.2 Å². The van der Waals surface area contributed by atoms with E-state index >= 15 is 0 Å². The van der Waals surface area contributed by atoms with Crippen LogP contribution in [0.5, 0.6) is 0 Å². The third-order valence-corrected chi connectivity index (χ3v) is 8.30. The van der Waals surface area contributed by atoms with Gasteiger partial charge in [0, 0.05) is 75.8 Å². The summed E-state index contributed by atoms with van der Waals surface area (Å²) >= 11 is 5.98. The zero-order valence-corrected chi connectivity index (χ0v) is 20.7. The van der Waals surface area contributed by atoms with Gasteiger partial charge in [-0.1, -0.05) is 18.5 Å². The second kappa shape index (κ2) is 10.0. The molecule has 0 N–H and O–H groups in total. The van der Waals surface area contributed by atoms with Gasteiger partial charge in [-0.05, 0) is 37.7 Å². The molecule has 4 rings (SSSR count). The van der Waals surface area contributed by atoms with Gasteiger partial charge < -0.3 is 14.7 Å².